The van der Waals surface area contributed by atoms with Gasteiger partial charge in [-0.2, -0.15) is 0 Å². The van der Waals surface area contributed by atoms with Gasteiger partial charge in [-0.3, -0.25) is 14.8 Å². The van der Waals surface area contributed by atoms with Crippen LogP contribution in [-0.4, -0.2) is 41.1 Å². The van der Waals surface area contributed by atoms with Crippen LogP contribution in [0.5, 0.6) is 5.75 Å². The Hall–Kier alpha value is -4.19. The van der Waals surface area contributed by atoms with Crippen molar-refractivity contribution >= 4 is 23.6 Å². The molecule has 1 aliphatic rings. The number of para-hydroxylation sites is 1. The lowest BCUT2D eigenvalue weighted by Gasteiger charge is -2.36. The molecule has 0 aliphatic carbocycles. The van der Waals surface area contributed by atoms with Gasteiger partial charge in [0.15, 0.2) is 6.29 Å². The monoisotopic (exact) mass is 684 g/mol. The molecule has 0 radical (unpaired) electrons. The van der Waals surface area contributed by atoms with Gasteiger partial charge in [-0.25, -0.2) is 5.48 Å². The first-order valence-corrected chi connectivity index (χ1v) is 17.6. The van der Waals surface area contributed by atoms with Gasteiger partial charge >= 0.3 is 0 Å². The van der Waals surface area contributed by atoms with Crippen LogP contribution < -0.4 is 15.5 Å². The van der Waals surface area contributed by atoms with Gasteiger partial charge in [0.1, 0.15) is 5.75 Å². The quantitative estimate of drug-likeness (QED) is 0.0421. The maximum absolute atomic E-state index is 12.5. The summed E-state index contributed by atoms with van der Waals surface area (Å²) in [5, 5.41) is 21.2. The van der Waals surface area contributed by atoms with Crippen molar-refractivity contribution in [2.24, 2.45) is 0 Å². The number of unbranched alkanes of at least 4 members (excludes halogenated alkanes) is 2. The van der Waals surface area contributed by atoms with Gasteiger partial charge in [0.2, 0.25) is 11.8 Å². The van der Waals surface area contributed by atoms with E-state index in [-0.39, 0.29) is 31.1 Å². The molecule has 10 heteroatoms. The molecule has 1 aliphatic heterocycles. The minimum Gasteiger partial charge on any atom is -0.496 e. The molecule has 1 heterocycles. The number of amides is 2. The summed E-state index contributed by atoms with van der Waals surface area (Å²) in [6, 6.07) is 32.1. The molecule has 0 saturated carbocycles. The minimum absolute atomic E-state index is 0.00733. The summed E-state index contributed by atoms with van der Waals surface area (Å²) in [6.45, 7) is 0.396. The number of ether oxygens (including phenoxy) is 3. The number of methoxy groups -OCH3 is 1. The van der Waals surface area contributed by atoms with Crippen molar-refractivity contribution in [3.05, 3.63) is 119 Å². The molecule has 4 aromatic carbocycles. The van der Waals surface area contributed by atoms with Crippen LogP contribution in [0.4, 0.5) is 0 Å². The van der Waals surface area contributed by atoms with Crippen LogP contribution in [0.25, 0.3) is 11.1 Å². The number of thioether (sulfide) groups is 1. The highest BCUT2D eigenvalue weighted by molar-refractivity contribution is 7.99. The van der Waals surface area contributed by atoms with Crippen molar-refractivity contribution in [1.82, 2.24) is 10.8 Å². The molecule has 0 aromatic heterocycles. The summed E-state index contributed by atoms with van der Waals surface area (Å²) < 4.78 is 18.7. The molecule has 4 N–H and O–H groups in total. The number of hydroxylamine groups is 1. The summed E-state index contributed by atoms with van der Waals surface area (Å²) in [5.41, 5.74) is 7.49. The third-order valence-corrected chi connectivity index (χ3v) is 9.72. The van der Waals surface area contributed by atoms with Crippen LogP contribution in [0.2, 0.25) is 0 Å². The van der Waals surface area contributed by atoms with Crippen LogP contribution in [0, 0.1) is 0 Å². The molecular formula is C39H44N2O7S. The molecule has 4 aromatic rings. The Morgan fingerprint density at radius 3 is 2.27 bits per heavy atom. The number of benzene rings is 4. The van der Waals surface area contributed by atoms with Crippen molar-refractivity contribution in [2.45, 2.75) is 75.1 Å². The van der Waals surface area contributed by atoms with Crippen molar-refractivity contribution in [2.75, 3.05) is 12.9 Å². The predicted octanol–water partition coefficient (Wildman–Crippen LogP) is 7.26. The Labute approximate surface area is 292 Å². The fourth-order valence-corrected chi connectivity index (χ4v) is 6.85. The molecule has 9 nitrogen and oxygen atoms in total. The Bertz CT molecular complexity index is 1650. The van der Waals surface area contributed by atoms with E-state index in [9.17, 15) is 14.7 Å². The maximum atomic E-state index is 12.5. The smallest absolute Gasteiger partial charge is 0.243 e. The first-order valence-electron chi connectivity index (χ1n) is 16.6. The fourth-order valence-electron chi connectivity index (χ4n) is 5.81. The zero-order valence-electron chi connectivity index (χ0n) is 27.7. The highest BCUT2D eigenvalue weighted by atomic mass is 32.2. The normalized spacial score (nSPS) is 17.3. The van der Waals surface area contributed by atoms with E-state index in [1.807, 2.05) is 78.9 Å². The molecule has 1 fully saturated rings. The molecule has 0 bridgehead atoms. The number of aliphatic hydroxyl groups is 1. The summed E-state index contributed by atoms with van der Waals surface area (Å²) >= 11 is 1.70. The van der Waals surface area contributed by atoms with Gasteiger partial charge < -0.3 is 24.6 Å². The number of aliphatic hydroxyl groups excluding tert-OH is 1. The molecule has 3 atom stereocenters. The van der Waals surface area contributed by atoms with E-state index >= 15 is 0 Å². The molecule has 5 rings (SSSR count). The second-order valence-corrected chi connectivity index (χ2v) is 13.0. The predicted molar refractivity (Wildman–Crippen MR) is 189 cm³/mol. The van der Waals surface area contributed by atoms with Crippen LogP contribution >= 0.6 is 11.8 Å². The zero-order chi connectivity index (χ0) is 34.4. The number of hydrogen-bond acceptors (Lipinski definition) is 8. The van der Waals surface area contributed by atoms with Crippen LogP contribution in [0.1, 0.15) is 73.2 Å². The molecule has 2 amide bonds. The van der Waals surface area contributed by atoms with E-state index in [1.54, 1.807) is 24.4 Å². The lowest BCUT2D eigenvalue weighted by atomic mass is 9.97. The van der Waals surface area contributed by atoms with Gasteiger partial charge in [-0.05, 0) is 52.8 Å². The standard InChI is InChI=1S/C39H44N2O7S/c1-46-34-11-7-8-12-36(34)49-26-32-23-35(29-17-15-27(25-42)16-18-29)48-39(47-32)30-21-19-28(20-22-30)33-10-6-5-9-31(33)24-40-37(43)13-3-2-4-14-38(44)41-45/h5-12,15-22,32,35,39,42,45H,2-4,13-14,23-26H2,1H3,(H,40,43)(H,41,44)/t32-,35+,39+/m1/s1. The number of hydrogen-bond donors (Lipinski definition) is 4. The van der Waals surface area contributed by atoms with E-state index in [0.717, 1.165) is 56.2 Å². The Morgan fingerprint density at radius 2 is 1.53 bits per heavy atom. The van der Waals surface area contributed by atoms with Gasteiger partial charge in [0, 0.05) is 42.0 Å². The molecule has 49 heavy (non-hydrogen) atoms. The van der Waals surface area contributed by atoms with Gasteiger partial charge in [-0.15, -0.1) is 11.8 Å². The van der Waals surface area contributed by atoms with E-state index in [2.05, 4.69) is 23.5 Å². The van der Waals surface area contributed by atoms with Crippen molar-refractivity contribution < 1.29 is 34.1 Å². The summed E-state index contributed by atoms with van der Waals surface area (Å²) in [5.74, 6) is 1.11. The highest BCUT2D eigenvalue weighted by Crippen LogP contribution is 2.41. The molecular weight excluding hydrogens is 641 g/mol. The van der Waals surface area contributed by atoms with E-state index in [1.165, 1.54) is 0 Å². The first kappa shape index (κ1) is 36.1. The number of carbonyl (C=O) groups excluding carboxylic acids is 2. The largest absolute Gasteiger partial charge is 0.496 e. The molecule has 0 spiro atoms. The summed E-state index contributed by atoms with van der Waals surface area (Å²) in [6.07, 6.45) is 2.51. The number of nitrogens with one attached hydrogen (secondary N) is 2. The van der Waals surface area contributed by atoms with E-state index in [4.69, 9.17) is 19.4 Å². The summed E-state index contributed by atoms with van der Waals surface area (Å²) in [4.78, 5) is 24.7. The maximum Gasteiger partial charge on any atom is 0.243 e. The van der Waals surface area contributed by atoms with Gasteiger partial charge in [-0.1, -0.05) is 91.3 Å². The Morgan fingerprint density at radius 1 is 0.837 bits per heavy atom. The Kier molecular flexibility index (Phi) is 13.7. The van der Waals surface area contributed by atoms with Crippen LogP contribution in [0.15, 0.2) is 102 Å². The summed E-state index contributed by atoms with van der Waals surface area (Å²) in [7, 11) is 1.68. The molecule has 258 valence electrons. The number of carbonyl (C=O) groups is 2. The van der Waals surface area contributed by atoms with Gasteiger partial charge in [0.25, 0.3) is 0 Å². The second-order valence-electron chi connectivity index (χ2n) is 12.0. The zero-order valence-corrected chi connectivity index (χ0v) is 28.5. The van der Waals surface area contributed by atoms with Crippen LogP contribution in [-0.2, 0) is 32.2 Å². The SMILES string of the molecule is COc1ccccc1SC[C@H]1C[C@@H](c2ccc(CO)cc2)O[C@@H](c2ccc(-c3ccccc3CNC(=O)CCCCCC(=O)NO)cc2)O1. The third kappa shape index (κ3) is 10.4. The average Bonchev–Trinajstić information content (AvgIpc) is 3.16. The Balaban J connectivity index is 1.25. The van der Waals surface area contributed by atoms with E-state index < -0.39 is 12.2 Å². The fraction of sp³-hybridized carbons (Fsp3) is 0.333. The third-order valence-electron chi connectivity index (χ3n) is 8.53. The lowest BCUT2D eigenvalue weighted by molar-refractivity contribution is -0.245. The second kappa shape index (κ2) is 18.5. The highest BCUT2D eigenvalue weighted by Gasteiger charge is 2.32. The van der Waals surface area contributed by atoms with Crippen LogP contribution in [0.3, 0.4) is 0 Å². The first-order chi connectivity index (χ1) is 24.0. The van der Waals surface area contributed by atoms with Crippen molar-refractivity contribution in [1.29, 1.82) is 0 Å². The van der Waals surface area contributed by atoms with Gasteiger partial charge in [0.05, 0.1) is 25.9 Å². The van der Waals surface area contributed by atoms with E-state index in [0.29, 0.717) is 32.2 Å². The topological polar surface area (TPSA) is 126 Å². The minimum atomic E-state index is -0.568. The van der Waals surface area contributed by atoms with Crippen molar-refractivity contribution in [3.8, 4) is 16.9 Å². The molecule has 0 unspecified atom stereocenters. The molecule has 1 saturated heterocycles. The average molecular weight is 685 g/mol. The lowest BCUT2D eigenvalue weighted by Crippen LogP contribution is -2.31. The van der Waals surface area contributed by atoms with Crippen molar-refractivity contribution in [3.63, 3.8) is 0 Å². The number of rotatable bonds is 16.